The first-order valence-corrected chi connectivity index (χ1v) is 8.34. The smallest absolute Gasteiger partial charge is 0.231 e. The molecule has 1 saturated heterocycles. The highest BCUT2D eigenvalue weighted by atomic mass is 16.2. The topological polar surface area (TPSA) is 62.3 Å². The molecule has 1 fully saturated rings. The number of para-hydroxylation sites is 1. The molecule has 2 aliphatic heterocycles. The number of anilines is 1. The SMILES string of the molecule is O=C1CC(C(=O)N2CCCC2c2ccccn2)c2ccccc2N1. The molecule has 5 heteroatoms. The molecule has 4 rings (SSSR count). The quantitative estimate of drug-likeness (QED) is 0.925. The minimum absolute atomic E-state index is 0.0100. The summed E-state index contributed by atoms with van der Waals surface area (Å²) in [5.74, 6) is -0.467. The van der Waals surface area contributed by atoms with Gasteiger partial charge in [-0.15, -0.1) is 0 Å². The number of hydrogen-bond acceptors (Lipinski definition) is 3. The van der Waals surface area contributed by atoms with Crippen molar-refractivity contribution in [2.24, 2.45) is 0 Å². The maximum atomic E-state index is 13.2. The van der Waals surface area contributed by atoms with Gasteiger partial charge < -0.3 is 10.2 Å². The lowest BCUT2D eigenvalue weighted by molar-refractivity contribution is -0.135. The number of nitrogens with zero attached hydrogens (tertiary/aromatic N) is 2. The molecule has 0 bridgehead atoms. The summed E-state index contributed by atoms with van der Waals surface area (Å²) in [7, 11) is 0. The van der Waals surface area contributed by atoms with Crippen LogP contribution in [-0.2, 0) is 9.59 Å². The van der Waals surface area contributed by atoms with Gasteiger partial charge in [-0.1, -0.05) is 24.3 Å². The van der Waals surface area contributed by atoms with Crippen LogP contribution in [0, 0.1) is 0 Å². The number of hydrogen-bond donors (Lipinski definition) is 1. The molecule has 0 aliphatic carbocycles. The van der Waals surface area contributed by atoms with E-state index in [1.807, 2.05) is 47.4 Å². The molecule has 1 aromatic heterocycles. The number of amides is 2. The number of carbonyl (C=O) groups is 2. The molecule has 2 unspecified atom stereocenters. The van der Waals surface area contributed by atoms with Gasteiger partial charge >= 0.3 is 0 Å². The fourth-order valence-corrected chi connectivity index (χ4v) is 3.74. The van der Waals surface area contributed by atoms with Gasteiger partial charge in [0.2, 0.25) is 11.8 Å². The average Bonchev–Trinajstić information content (AvgIpc) is 3.11. The Labute approximate surface area is 140 Å². The first kappa shape index (κ1) is 14.9. The molecule has 0 saturated carbocycles. The molecule has 1 aromatic carbocycles. The van der Waals surface area contributed by atoms with Crippen LogP contribution in [0.1, 0.15) is 42.5 Å². The Hall–Kier alpha value is -2.69. The lowest BCUT2D eigenvalue weighted by Gasteiger charge is -2.31. The van der Waals surface area contributed by atoms with Crippen molar-refractivity contribution in [1.82, 2.24) is 9.88 Å². The van der Waals surface area contributed by atoms with Crippen LogP contribution in [0.15, 0.2) is 48.7 Å². The number of benzene rings is 1. The van der Waals surface area contributed by atoms with Crippen molar-refractivity contribution < 1.29 is 9.59 Å². The second kappa shape index (κ2) is 6.07. The summed E-state index contributed by atoms with van der Waals surface area (Å²) in [5, 5.41) is 2.86. The molecule has 2 aromatic rings. The first-order valence-electron chi connectivity index (χ1n) is 8.34. The van der Waals surface area contributed by atoms with Gasteiger partial charge in [0.05, 0.1) is 17.7 Å². The summed E-state index contributed by atoms with van der Waals surface area (Å²) >= 11 is 0. The van der Waals surface area contributed by atoms with Gasteiger partial charge in [-0.05, 0) is 36.6 Å². The number of aromatic nitrogens is 1. The number of rotatable bonds is 2. The Bertz CT molecular complexity index is 775. The Morgan fingerprint density at radius 1 is 1.17 bits per heavy atom. The standard InChI is InChI=1S/C19H19N3O2/c23-18-12-14(13-6-1-2-7-15(13)21-18)19(24)22-11-5-9-17(22)16-8-3-4-10-20-16/h1-4,6-8,10,14,17H,5,9,11-12H2,(H,21,23). The molecule has 2 amide bonds. The van der Waals surface area contributed by atoms with Crippen LogP contribution in [-0.4, -0.2) is 28.2 Å². The van der Waals surface area contributed by atoms with Crippen LogP contribution in [0.4, 0.5) is 5.69 Å². The van der Waals surface area contributed by atoms with E-state index in [0.29, 0.717) is 0 Å². The largest absolute Gasteiger partial charge is 0.334 e. The van der Waals surface area contributed by atoms with Gasteiger partial charge in [0.15, 0.2) is 0 Å². The molecular weight excluding hydrogens is 302 g/mol. The van der Waals surface area contributed by atoms with Gasteiger partial charge in [-0.3, -0.25) is 14.6 Å². The first-order chi connectivity index (χ1) is 11.7. The zero-order valence-electron chi connectivity index (χ0n) is 13.3. The van der Waals surface area contributed by atoms with Crippen molar-refractivity contribution >= 4 is 17.5 Å². The fourth-order valence-electron chi connectivity index (χ4n) is 3.74. The van der Waals surface area contributed by atoms with Gasteiger partial charge in [0.25, 0.3) is 0 Å². The van der Waals surface area contributed by atoms with Crippen LogP contribution < -0.4 is 5.32 Å². The van der Waals surface area contributed by atoms with E-state index in [4.69, 9.17) is 0 Å². The molecule has 2 aliphatic rings. The van der Waals surface area contributed by atoms with E-state index in [1.54, 1.807) is 6.20 Å². The number of likely N-dealkylation sites (tertiary alicyclic amines) is 1. The molecule has 122 valence electrons. The van der Waals surface area contributed by atoms with E-state index in [9.17, 15) is 9.59 Å². The summed E-state index contributed by atoms with van der Waals surface area (Å²) in [4.78, 5) is 31.6. The van der Waals surface area contributed by atoms with Crippen molar-refractivity contribution in [3.63, 3.8) is 0 Å². The Kier molecular flexibility index (Phi) is 3.76. The predicted octanol–water partition coefficient (Wildman–Crippen LogP) is 2.87. The predicted molar refractivity (Wildman–Crippen MR) is 90.4 cm³/mol. The molecule has 0 spiro atoms. The van der Waals surface area contributed by atoms with Crippen molar-refractivity contribution in [2.75, 3.05) is 11.9 Å². The minimum Gasteiger partial charge on any atom is -0.334 e. The summed E-state index contributed by atoms with van der Waals surface area (Å²) in [5.41, 5.74) is 2.59. The van der Waals surface area contributed by atoms with Crippen molar-refractivity contribution in [1.29, 1.82) is 0 Å². The van der Waals surface area contributed by atoms with Gasteiger partial charge in [0.1, 0.15) is 0 Å². The normalized spacial score (nSPS) is 22.8. The zero-order chi connectivity index (χ0) is 16.5. The van der Waals surface area contributed by atoms with Crippen molar-refractivity contribution in [2.45, 2.75) is 31.2 Å². The molecule has 2 atom stereocenters. The lowest BCUT2D eigenvalue weighted by Crippen LogP contribution is -2.38. The fraction of sp³-hybridized carbons (Fsp3) is 0.316. The molecule has 5 nitrogen and oxygen atoms in total. The summed E-state index contributed by atoms with van der Waals surface area (Å²) in [6, 6.07) is 13.4. The number of nitrogens with one attached hydrogen (secondary N) is 1. The summed E-state index contributed by atoms with van der Waals surface area (Å²) in [6.45, 7) is 0.723. The van der Waals surface area contributed by atoms with Crippen LogP contribution >= 0.6 is 0 Å². The summed E-state index contributed by atoms with van der Waals surface area (Å²) in [6.07, 6.45) is 3.86. The third kappa shape index (κ3) is 2.56. The minimum atomic E-state index is -0.403. The van der Waals surface area contributed by atoms with E-state index in [-0.39, 0.29) is 24.3 Å². The van der Waals surface area contributed by atoms with Crippen LogP contribution in [0.3, 0.4) is 0 Å². The van der Waals surface area contributed by atoms with Gasteiger partial charge in [0, 0.05) is 24.8 Å². The number of carbonyl (C=O) groups excluding carboxylic acids is 2. The average molecular weight is 321 g/mol. The van der Waals surface area contributed by atoms with Crippen LogP contribution in [0.2, 0.25) is 0 Å². The van der Waals surface area contributed by atoms with E-state index in [2.05, 4.69) is 10.3 Å². The second-order valence-corrected chi connectivity index (χ2v) is 6.34. The lowest BCUT2D eigenvalue weighted by atomic mass is 9.89. The molecule has 3 heterocycles. The highest BCUT2D eigenvalue weighted by molar-refractivity contribution is 6.01. The highest BCUT2D eigenvalue weighted by Crippen LogP contribution is 2.38. The number of fused-ring (bicyclic) bond motifs is 1. The van der Waals surface area contributed by atoms with Crippen molar-refractivity contribution in [3.8, 4) is 0 Å². The molecule has 24 heavy (non-hydrogen) atoms. The van der Waals surface area contributed by atoms with E-state index >= 15 is 0 Å². The Morgan fingerprint density at radius 2 is 2.00 bits per heavy atom. The van der Waals surface area contributed by atoms with Crippen LogP contribution in [0.25, 0.3) is 0 Å². The highest BCUT2D eigenvalue weighted by Gasteiger charge is 2.38. The van der Waals surface area contributed by atoms with E-state index in [0.717, 1.165) is 36.3 Å². The molecule has 0 radical (unpaired) electrons. The Balaban J connectivity index is 1.65. The van der Waals surface area contributed by atoms with Crippen LogP contribution in [0.5, 0.6) is 0 Å². The monoisotopic (exact) mass is 321 g/mol. The van der Waals surface area contributed by atoms with E-state index in [1.165, 1.54) is 0 Å². The number of pyridine rings is 1. The second-order valence-electron chi connectivity index (χ2n) is 6.34. The summed E-state index contributed by atoms with van der Waals surface area (Å²) < 4.78 is 0. The van der Waals surface area contributed by atoms with E-state index < -0.39 is 5.92 Å². The van der Waals surface area contributed by atoms with Crippen molar-refractivity contribution in [3.05, 3.63) is 59.9 Å². The Morgan fingerprint density at radius 3 is 2.83 bits per heavy atom. The maximum absolute atomic E-state index is 13.2. The third-order valence-corrected chi connectivity index (χ3v) is 4.86. The zero-order valence-corrected chi connectivity index (χ0v) is 13.3. The third-order valence-electron chi connectivity index (χ3n) is 4.86. The maximum Gasteiger partial charge on any atom is 0.231 e. The van der Waals surface area contributed by atoms with Gasteiger partial charge in [-0.2, -0.15) is 0 Å². The molecule has 1 N–H and O–H groups in total. The van der Waals surface area contributed by atoms with Gasteiger partial charge in [-0.25, -0.2) is 0 Å². The molecular formula is C19H19N3O2.